The fourth-order valence-corrected chi connectivity index (χ4v) is 6.50. The number of anilines is 3. The average Bonchev–Trinajstić information content (AvgIpc) is 2.90. The quantitative estimate of drug-likeness (QED) is 0.202. The van der Waals surface area contributed by atoms with E-state index in [0.717, 1.165) is 47.2 Å². The highest BCUT2D eigenvalue weighted by molar-refractivity contribution is 9.10. The average molecular weight is 617 g/mol. The van der Waals surface area contributed by atoms with Gasteiger partial charge in [0.15, 0.2) is 0 Å². The number of amides is 1. The number of carbonyl (C=O) groups excluding carboxylic acids is 1. The number of halogens is 1. The number of hydrogen-bond acceptors (Lipinski definition) is 9. The van der Waals surface area contributed by atoms with E-state index in [1.807, 2.05) is 62.4 Å². The van der Waals surface area contributed by atoms with Gasteiger partial charge in [0.2, 0.25) is 5.91 Å². The molecule has 39 heavy (non-hydrogen) atoms. The van der Waals surface area contributed by atoms with Crippen molar-refractivity contribution in [3.63, 3.8) is 0 Å². The second kappa shape index (κ2) is 14.1. The van der Waals surface area contributed by atoms with Gasteiger partial charge in [-0.25, -0.2) is 9.97 Å². The van der Waals surface area contributed by atoms with Crippen molar-refractivity contribution in [1.29, 1.82) is 0 Å². The molecule has 0 saturated carbocycles. The van der Waals surface area contributed by atoms with E-state index in [0.29, 0.717) is 37.5 Å². The number of piperazine rings is 1. The molecule has 12 heteroatoms. The van der Waals surface area contributed by atoms with E-state index >= 15 is 0 Å². The number of nitrogens with one attached hydrogen (secondary N) is 2. The highest BCUT2D eigenvalue weighted by Gasteiger charge is 2.29. The van der Waals surface area contributed by atoms with Crippen LogP contribution >= 0.6 is 23.5 Å². The second-order valence-corrected chi connectivity index (χ2v) is 11.9. The first kappa shape index (κ1) is 29.3. The van der Waals surface area contributed by atoms with Gasteiger partial charge in [0.05, 0.1) is 18.7 Å². The summed E-state index contributed by atoms with van der Waals surface area (Å²) in [5.74, 6) is 0.448. The van der Waals surface area contributed by atoms with Gasteiger partial charge in [-0.05, 0) is 50.2 Å². The van der Waals surface area contributed by atoms with E-state index in [-0.39, 0.29) is 5.91 Å². The summed E-state index contributed by atoms with van der Waals surface area (Å²) in [5, 5.41) is 7.05. The molecule has 0 atom stereocenters. The van der Waals surface area contributed by atoms with Crippen LogP contribution in [0.4, 0.5) is 17.2 Å². The van der Waals surface area contributed by atoms with Gasteiger partial charge in [-0.15, -0.1) is 0 Å². The number of benzene rings is 2. The SMILES string of the molecule is CCOP(=O)(CN1CCN(C/C=C/C(=O)Nc2ccc3ncnc(Nc4cccc(Br)c4)c3c2)CC1)OCC. The van der Waals surface area contributed by atoms with E-state index in [2.05, 4.69) is 46.3 Å². The van der Waals surface area contributed by atoms with Gasteiger partial charge in [0.25, 0.3) is 0 Å². The van der Waals surface area contributed by atoms with E-state index in [4.69, 9.17) is 9.05 Å². The fourth-order valence-electron chi connectivity index (χ4n) is 4.30. The monoisotopic (exact) mass is 616 g/mol. The van der Waals surface area contributed by atoms with Gasteiger partial charge in [-0.1, -0.05) is 28.1 Å². The first-order valence-electron chi connectivity index (χ1n) is 12.9. The van der Waals surface area contributed by atoms with Crippen LogP contribution in [0.15, 0.2) is 65.4 Å². The summed E-state index contributed by atoms with van der Waals surface area (Å²) >= 11 is 3.48. The molecule has 0 aliphatic carbocycles. The van der Waals surface area contributed by atoms with Crippen LogP contribution in [0.2, 0.25) is 0 Å². The Hall–Kier alpha value is -2.66. The molecule has 1 saturated heterocycles. The second-order valence-electron chi connectivity index (χ2n) is 8.99. The molecular formula is C27H34BrN6O4P. The lowest BCUT2D eigenvalue weighted by Crippen LogP contribution is -2.46. The van der Waals surface area contributed by atoms with Crippen LogP contribution < -0.4 is 10.6 Å². The summed E-state index contributed by atoms with van der Waals surface area (Å²) in [5.41, 5.74) is 2.32. The molecule has 208 valence electrons. The van der Waals surface area contributed by atoms with E-state index in [1.165, 1.54) is 6.33 Å². The zero-order chi connectivity index (χ0) is 27.7. The molecule has 1 aliphatic heterocycles. The third-order valence-electron chi connectivity index (χ3n) is 6.11. The van der Waals surface area contributed by atoms with Gasteiger partial charge < -0.3 is 19.7 Å². The molecule has 3 aromatic rings. The van der Waals surface area contributed by atoms with Crippen LogP contribution in [0, 0.1) is 0 Å². The lowest BCUT2D eigenvalue weighted by atomic mass is 10.2. The maximum atomic E-state index is 12.8. The summed E-state index contributed by atoms with van der Waals surface area (Å²) < 4.78 is 24.6. The van der Waals surface area contributed by atoms with Crippen molar-refractivity contribution >= 4 is 57.5 Å². The summed E-state index contributed by atoms with van der Waals surface area (Å²) in [6, 6.07) is 13.4. The smallest absolute Gasteiger partial charge is 0.340 e. The number of fused-ring (bicyclic) bond motifs is 1. The van der Waals surface area contributed by atoms with Crippen molar-refractivity contribution in [2.75, 3.05) is 62.9 Å². The molecule has 0 spiro atoms. The maximum Gasteiger partial charge on any atom is 0.344 e. The molecule has 1 amide bonds. The van der Waals surface area contributed by atoms with Crippen molar-refractivity contribution in [3.8, 4) is 0 Å². The molecule has 1 aliphatic rings. The highest BCUT2D eigenvalue weighted by Crippen LogP contribution is 2.48. The Bertz CT molecular complexity index is 1340. The Morgan fingerprint density at radius 2 is 1.77 bits per heavy atom. The van der Waals surface area contributed by atoms with Crippen LogP contribution in [0.5, 0.6) is 0 Å². The maximum absolute atomic E-state index is 12.8. The van der Waals surface area contributed by atoms with Crippen molar-refractivity contribution in [2.24, 2.45) is 0 Å². The van der Waals surface area contributed by atoms with Crippen molar-refractivity contribution < 1.29 is 18.4 Å². The zero-order valence-electron chi connectivity index (χ0n) is 22.2. The van der Waals surface area contributed by atoms with E-state index in [1.54, 1.807) is 6.08 Å². The first-order chi connectivity index (χ1) is 18.9. The molecule has 2 N–H and O–H groups in total. The Balaban J connectivity index is 1.29. The van der Waals surface area contributed by atoms with Crippen LogP contribution in [0.1, 0.15) is 13.8 Å². The van der Waals surface area contributed by atoms with Gasteiger partial charge in [-0.2, -0.15) is 0 Å². The number of aromatic nitrogens is 2. The molecule has 0 radical (unpaired) electrons. The van der Waals surface area contributed by atoms with Crippen molar-refractivity contribution in [1.82, 2.24) is 19.8 Å². The zero-order valence-corrected chi connectivity index (χ0v) is 24.7. The Morgan fingerprint density at radius 1 is 1.03 bits per heavy atom. The summed E-state index contributed by atoms with van der Waals surface area (Å²) in [6.07, 6.45) is 5.23. The normalized spacial score (nSPS) is 15.2. The van der Waals surface area contributed by atoms with Crippen LogP contribution in [0.3, 0.4) is 0 Å². The molecule has 2 aromatic carbocycles. The molecule has 2 heterocycles. The first-order valence-corrected chi connectivity index (χ1v) is 15.5. The Labute approximate surface area is 237 Å². The third-order valence-corrected chi connectivity index (χ3v) is 8.66. The minimum Gasteiger partial charge on any atom is -0.340 e. The van der Waals surface area contributed by atoms with Crippen molar-refractivity contribution in [3.05, 3.63) is 65.4 Å². The largest absolute Gasteiger partial charge is 0.344 e. The molecule has 4 rings (SSSR count). The van der Waals surface area contributed by atoms with Crippen LogP contribution in [0.25, 0.3) is 10.9 Å². The van der Waals surface area contributed by atoms with Gasteiger partial charge in [-0.3, -0.25) is 19.2 Å². The lowest BCUT2D eigenvalue weighted by molar-refractivity contribution is -0.111. The predicted molar refractivity (Wildman–Crippen MR) is 158 cm³/mol. The Kier molecular flexibility index (Phi) is 10.6. The summed E-state index contributed by atoms with van der Waals surface area (Å²) in [7, 11) is -3.09. The van der Waals surface area contributed by atoms with E-state index in [9.17, 15) is 9.36 Å². The lowest BCUT2D eigenvalue weighted by Gasteiger charge is -2.35. The van der Waals surface area contributed by atoms with Gasteiger partial charge >= 0.3 is 7.60 Å². The number of hydrogen-bond donors (Lipinski definition) is 2. The molecule has 1 aromatic heterocycles. The molecule has 0 unspecified atom stereocenters. The standard InChI is InChI=1S/C27H34BrN6O4P/c1-3-37-39(36,38-4-2)20-34-15-13-33(14-16-34)12-6-9-26(35)31-23-10-11-25-24(18-23)27(30-19-29-25)32-22-8-5-7-21(28)17-22/h5-11,17-19H,3-4,12-16,20H2,1-2H3,(H,31,35)(H,29,30,32)/b9-6+. The summed E-state index contributed by atoms with van der Waals surface area (Å²) in [6.45, 7) is 8.16. The highest BCUT2D eigenvalue weighted by atomic mass is 79.9. The number of rotatable bonds is 12. The Morgan fingerprint density at radius 3 is 2.49 bits per heavy atom. The summed E-state index contributed by atoms with van der Waals surface area (Å²) in [4.78, 5) is 25.7. The van der Waals surface area contributed by atoms with Crippen LogP contribution in [-0.4, -0.2) is 77.9 Å². The topological polar surface area (TPSA) is 109 Å². The van der Waals surface area contributed by atoms with E-state index < -0.39 is 7.60 Å². The molecule has 1 fully saturated rings. The number of carbonyl (C=O) groups is 1. The third kappa shape index (κ3) is 8.66. The predicted octanol–water partition coefficient (Wildman–Crippen LogP) is 5.47. The minimum atomic E-state index is -3.09. The molecule has 10 nitrogen and oxygen atoms in total. The fraction of sp³-hybridized carbons (Fsp3) is 0.370. The molecular weight excluding hydrogens is 583 g/mol. The number of nitrogens with zero attached hydrogens (tertiary/aromatic N) is 4. The van der Waals surface area contributed by atoms with Gasteiger partial charge in [0, 0.05) is 60.0 Å². The minimum absolute atomic E-state index is 0.208. The van der Waals surface area contributed by atoms with Crippen LogP contribution in [-0.2, 0) is 18.4 Å². The van der Waals surface area contributed by atoms with Crippen molar-refractivity contribution in [2.45, 2.75) is 13.8 Å². The molecule has 0 bridgehead atoms. The van der Waals surface area contributed by atoms with Gasteiger partial charge in [0.1, 0.15) is 18.4 Å².